The van der Waals surface area contributed by atoms with Gasteiger partial charge in [0.2, 0.25) is 0 Å². The quantitative estimate of drug-likeness (QED) is 0.642. The first kappa shape index (κ1) is 7.93. The normalized spacial score (nSPS) is 31.1. The molecule has 0 N–H and O–H groups in total. The standard InChI is InChI=1S/C9H16OS/c1-2-8(1)6-11-7-9-3-4-10-5-9/h8-9H,1-7H2. The summed E-state index contributed by atoms with van der Waals surface area (Å²) < 4.78 is 5.32. The maximum Gasteiger partial charge on any atom is 0.0503 e. The van der Waals surface area contributed by atoms with Crippen LogP contribution in [0.4, 0.5) is 0 Å². The van der Waals surface area contributed by atoms with Crippen molar-refractivity contribution in [3.8, 4) is 0 Å². The molecule has 1 aliphatic heterocycles. The highest BCUT2D eigenvalue weighted by atomic mass is 32.2. The van der Waals surface area contributed by atoms with Gasteiger partial charge < -0.3 is 4.74 Å². The molecule has 1 saturated heterocycles. The minimum absolute atomic E-state index is 0.874. The molecule has 0 amide bonds. The largest absolute Gasteiger partial charge is 0.381 e. The van der Waals surface area contributed by atoms with E-state index in [1.165, 1.54) is 30.8 Å². The Bertz CT molecular complexity index is 117. The van der Waals surface area contributed by atoms with Crippen LogP contribution in [0.1, 0.15) is 19.3 Å². The third kappa shape index (κ3) is 2.68. The van der Waals surface area contributed by atoms with Gasteiger partial charge in [0.1, 0.15) is 0 Å². The number of ether oxygens (including phenoxy) is 1. The van der Waals surface area contributed by atoms with Gasteiger partial charge in [-0.15, -0.1) is 0 Å². The van der Waals surface area contributed by atoms with E-state index in [-0.39, 0.29) is 0 Å². The van der Waals surface area contributed by atoms with Crippen molar-refractivity contribution < 1.29 is 4.74 Å². The first-order valence-electron chi connectivity index (χ1n) is 4.60. The third-order valence-corrected chi connectivity index (χ3v) is 3.84. The Morgan fingerprint density at radius 1 is 1.09 bits per heavy atom. The molecule has 1 heterocycles. The Labute approximate surface area is 72.9 Å². The minimum atomic E-state index is 0.874. The molecule has 1 unspecified atom stereocenters. The summed E-state index contributed by atoms with van der Waals surface area (Å²) >= 11 is 2.14. The molecule has 0 bridgehead atoms. The van der Waals surface area contributed by atoms with Crippen LogP contribution in [0, 0.1) is 11.8 Å². The molecule has 0 spiro atoms. The number of rotatable bonds is 4. The molecule has 0 aromatic heterocycles. The van der Waals surface area contributed by atoms with Gasteiger partial charge in [-0.3, -0.25) is 0 Å². The van der Waals surface area contributed by atoms with Gasteiger partial charge in [0, 0.05) is 6.61 Å². The van der Waals surface area contributed by atoms with Gasteiger partial charge in [0.25, 0.3) is 0 Å². The molecule has 11 heavy (non-hydrogen) atoms. The first-order valence-corrected chi connectivity index (χ1v) is 5.76. The number of hydrogen-bond donors (Lipinski definition) is 0. The monoisotopic (exact) mass is 172 g/mol. The minimum Gasteiger partial charge on any atom is -0.381 e. The molecule has 2 fully saturated rings. The molecule has 2 aliphatic rings. The molecule has 1 aliphatic carbocycles. The van der Waals surface area contributed by atoms with Crippen LogP contribution >= 0.6 is 11.8 Å². The second-order valence-corrected chi connectivity index (χ2v) is 4.79. The van der Waals surface area contributed by atoms with Crippen molar-refractivity contribution in [2.75, 3.05) is 24.7 Å². The van der Waals surface area contributed by atoms with Crippen LogP contribution in [0.25, 0.3) is 0 Å². The van der Waals surface area contributed by atoms with E-state index < -0.39 is 0 Å². The van der Waals surface area contributed by atoms with Crippen LogP contribution in [0.2, 0.25) is 0 Å². The lowest BCUT2D eigenvalue weighted by Crippen LogP contribution is -2.03. The van der Waals surface area contributed by atoms with Crippen molar-refractivity contribution in [2.24, 2.45) is 11.8 Å². The number of hydrogen-bond acceptors (Lipinski definition) is 2. The Hall–Kier alpha value is 0.310. The second-order valence-electron chi connectivity index (χ2n) is 3.71. The van der Waals surface area contributed by atoms with Crippen molar-refractivity contribution in [1.29, 1.82) is 0 Å². The van der Waals surface area contributed by atoms with E-state index in [9.17, 15) is 0 Å². The van der Waals surface area contributed by atoms with E-state index in [0.717, 1.165) is 25.0 Å². The van der Waals surface area contributed by atoms with E-state index in [4.69, 9.17) is 4.74 Å². The summed E-state index contributed by atoms with van der Waals surface area (Å²) in [5.74, 6) is 4.72. The van der Waals surface area contributed by atoms with Gasteiger partial charge in [0.15, 0.2) is 0 Å². The van der Waals surface area contributed by atoms with Crippen LogP contribution in [-0.2, 0) is 4.74 Å². The number of thioether (sulfide) groups is 1. The van der Waals surface area contributed by atoms with Crippen LogP contribution in [0.5, 0.6) is 0 Å². The van der Waals surface area contributed by atoms with E-state index in [0.29, 0.717) is 0 Å². The first-order chi connectivity index (χ1) is 5.45. The lowest BCUT2D eigenvalue weighted by atomic mass is 10.2. The van der Waals surface area contributed by atoms with Gasteiger partial charge in [-0.2, -0.15) is 11.8 Å². The zero-order valence-electron chi connectivity index (χ0n) is 6.92. The van der Waals surface area contributed by atoms with Crippen LogP contribution in [0.3, 0.4) is 0 Å². The molecular weight excluding hydrogens is 156 g/mol. The lowest BCUT2D eigenvalue weighted by Gasteiger charge is -2.05. The van der Waals surface area contributed by atoms with E-state index in [1.54, 1.807) is 0 Å². The zero-order valence-corrected chi connectivity index (χ0v) is 7.74. The maximum atomic E-state index is 5.32. The van der Waals surface area contributed by atoms with Crippen LogP contribution in [-0.4, -0.2) is 24.7 Å². The second kappa shape index (κ2) is 3.81. The summed E-state index contributed by atoms with van der Waals surface area (Å²) in [6.07, 6.45) is 4.29. The van der Waals surface area contributed by atoms with Gasteiger partial charge in [-0.25, -0.2) is 0 Å². The summed E-state index contributed by atoms with van der Waals surface area (Å²) in [5.41, 5.74) is 0. The topological polar surface area (TPSA) is 9.23 Å². The molecule has 0 radical (unpaired) electrons. The average molecular weight is 172 g/mol. The Morgan fingerprint density at radius 2 is 1.91 bits per heavy atom. The molecule has 1 nitrogen and oxygen atoms in total. The van der Waals surface area contributed by atoms with Crippen LogP contribution in [0.15, 0.2) is 0 Å². The lowest BCUT2D eigenvalue weighted by molar-refractivity contribution is 0.189. The van der Waals surface area contributed by atoms with Crippen molar-refractivity contribution in [2.45, 2.75) is 19.3 Å². The smallest absolute Gasteiger partial charge is 0.0503 e. The summed E-state index contributed by atoms with van der Waals surface area (Å²) in [7, 11) is 0. The van der Waals surface area contributed by atoms with Crippen molar-refractivity contribution in [3.63, 3.8) is 0 Å². The highest BCUT2D eigenvalue weighted by Gasteiger charge is 2.22. The van der Waals surface area contributed by atoms with Crippen LogP contribution < -0.4 is 0 Å². The highest BCUT2D eigenvalue weighted by molar-refractivity contribution is 7.99. The molecule has 0 aromatic rings. The molecule has 0 aromatic carbocycles. The zero-order chi connectivity index (χ0) is 7.52. The van der Waals surface area contributed by atoms with Crippen molar-refractivity contribution in [1.82, 2.24) is 0 Å². The van der Waals surface area contributed by atoms with Crippen molar-refractivity contribution >= 4 is 11.8 Å². The molecular formula is C9H16OS. The van der Waals surface area contributed by atoms with E-state index >= 15 is 0 Å². The fraction of sp³-hybridized carbons (Fsp3) is 1.00. The highest BCUT2D eigenvalue weighted by Crippen LogP contribution is 2.33. The predicted molar refractivity (Wildman–Crippen MR) is 49.0 cm³/mol. The van der Waals surface area contributed by atoms with Gasteiger partial charge in [0.05, 0.1) is 6.61 Å². The maximum absolute atomic E-state index is 5.32. The van der Waals surface area contributed by atoms with E-state index in [2.05, 4.69) is 11.8 Å². The van der Waals surface area contributed by atoms with E-state index in [1.807, 2.05) is 0 Å². The summed E-state index contributed by atoms with van der Waals surface area (Å²) in [6, 6.07) is 0. The summed E-state index contributed by atoms with van der Waals surface area (Å²) in [4.78, 5) is 0. The molecule has 1 atom stereocenters. The predicted octanol–water partition coefficient (Wildman–Crippen LogP) is 2.17. The molecule has 2 heteroatoms. The van der Waals surface area contributed by atoms with Gasteiger partial charge in [-0.05, 0) is 42.6 Å². The summed E-state index contributed by atoms with van der Waals surface area (Å²) in [5, 5.41) is 0. The molecule has 2 rings (SSSR count). The average Bonchev–Trinajstić information content (AvgIpc) is 2.66. The van der Waals surface area contributed by atoms with Gasteiger partial charge in [-0.1, -0.05) is 0 Å². The molecule has 64 valence electrons. The third-order valence-electron chi connectivity index (χ3n) is 2.43. The summed E-state index contributed by atoms with van der Waals surface area (Å²) in [6.45, 7) is 2.03. The fourth-order valence-corrected chi connectivity index (χ4v) is 2.80. The SMILES string of the molecule is C1CC(CSCC2CC2)CO1. The van der Waals surface area contributed by atoms with Crippen molar-refractivity contribution in [3.05, 3.63) is 0 Å². The molecule has 1 saturated carbocycles. The Morgan fingerprint density at radius 3 is 2.55 bits per heavy atom. The Kier molecular flexibility index (Phi) is 2.75. The fourth-order valence-electron chi connectivity index (χ4n) is 1.40. The Balaban J connectivity index is 1.51. The van der Waals surface area contributed by atoms with Gasteiger partial charge >= 0.3 is 0 Å².